The summed E-state index contributed by atoms with van der Waals surface area (Å²) < 4.78 is 18.8. The molecule has 3 aromatic carbocycles. The molecular formula is C26H20FN5O3. The molecule has 0 radical (unpaired) electrons. The van der Waals surface area contributed by atoms with Gasteiger partial charge in [-0.05, 0) is 60.2 Å². The number of carbonyl (C=O) groups excluding carboxylic acids is 2. The highest BCUT2D eigenvalue weighted by Crippen LogP contribution is 2.27. The number of nitrogens with zero attached hydrogens (tertiary/aromatic N) is 2. The van der Waals surface area contributed by atoms with Crippen LogP contribution >= 0.6 is 0 Å². The van der Waals surface area contributed by atoms with Gasteiger partial charge < -0.3 is 21.1 Å². The fourth-order valence-corrected chi connectivity index (χ4v) is 3.75. The topological polar surface area (TPSA) is 119 Å². The number of rotatable bonds is 6. The van der Waals surface area contributed by atoms with Crippen LogP contribution in [0.5, 0.6) is 11.5 Å². The molecular weight excluding hydrogens is 449 g/mol. The van der Waals surface area contributed by atoms with Crippen LogP contribution in [-0.2, 0) is 11.2 Å². The zero-order chi connectivity index (χ0) is 24.4. The van der Waals surface area contributed by atoms with Crippen LogP contribution in [0.25, 0.3) is 11.4 Å². The number of hydrogen-bond acceptors (Lipinski definition) is 6. The summed E-state index contributed by atoms with van der Waals surface area (Å²) >= 11 is 0. The largest absolute Gasteiger partial charge is 0.457 e. The van der Waals surface area contributed by atoms with Gasteiger partial charge in [0.25, 0.3) is 5.91 Å². The van der Waals surface area contributed by atoms with Crippen molar-refractivity contribution in [2.24, 2.45) is 5.73 Å². The highest BCUT2D eigenvalue weighted by Gasteiger charge is 2.27. The summed E-state index contributed by atoms with van der Waals surface area (Å²) in [5.74, 6) is 0.00264. The third kappa shape index (κ3) is 4.93. The van der Waals surface area contributed by atoms with Crippen LogP contribution in [-0.4, -0.2) is 27.8 Å². The summed E-state index contributed by atoms with van der Waals surface area (Å²) in [4.78, 5) is 33.4. The van der Waals surface area contributed by atoms with E-state index in [2.05, 4.69) is 20.6 Å². The van der Waals surface area contributed by atoms with Gasteiger partial charge in [0, 0.05) is 23.7 Å². The van der Waals surface area contributed by atoms with Crippen molar-refractivity contribution in [2.75, 3.05) is 10.6 Å². The molecule has 0 fully saturated rings. The number of fused-ring (bicyclic) bond motifs is 1. The van der Waals surface area contributed by atoms with Gasteiger partial charge in [-0.15, -0.1) is 0 Å². The summed E-state index contributed by atoms with van der Waals surface area (Å²) in [5, 5.41) is 5.94. The van der Waals surface area contributed by atoms with Crippen LogP contribution in [0, 0.1) is 5.82 Å². The van der Waals surface area contributed by atoms with E-state index in [9.17, 15) is 14.0 Å². The maximum Gasteiger partial charge on any atom is 0.267 e. The van der Waals surface area contributed by atoms with Crippen molar-refractivity contribution in [2.45, 2.75) is 12.5 Å². The second-order valence-corrected chi connectivity index (χ2v) is 7.95. The smallest absolute Gasteiger partial charge is 0.267 e. The average molecular weight is 469 g/mol. The van der Waals surface area contributed by atoms with Gasteiger partial charge in [0.05, 0.1) is 0 Å². The van der Waals surface area contributed by atoms with E-state index >= 15 is 0 Å². The van der Waals surface area contributed by atoms with Gasteiger partial charge in [-0.2, -0.15) is 0 Å². The number of anilines is 2. The number of ether oxygens (including phenoxy) is 1. The van der Waals surface area contributed by atoms with E-state index in [1.165, 1.54) is 30.3 Å². The summed E-state index contributed by atoms with van der Waals surface area (Å²) in [6.07, 6.45) is 0.540. The molecule has 4 N–H and O–H groups in total. The van der Waals surface area contributed by atoms with Gasteiger partial charge in [-0.25, -0.2) is 14.4 Å². The Labute approximate surface area is 200 Å². The molecule has 4 aromatic rings. The fourth-order valence-electron chi connectivity index (χ4n) is 3.75. The maximum atomic E-state index is 13.1. The van der Waals surface area contributed by atoms with Crippen LogP contribution < -0.4 is 21.1 Å². The highest BCUT2D eigenvalue weighted by atomic mass is 19.1. The number of hydrogen-bond donors (Lipinski definition) is 3. The number of aromatic nitrogens is 2. The van der Waals surface area contributed by atoms with Crippen molar-refractivity contribution in [1.29, 1.82) is 0 Å². The van der Waals surface area contributed by atoms with E-state index in [4.69, 9.17) is 10.5 Å². The number of benzene rings is 3. The van der Waals surface area contributed by atoms with Gasteiger partial charge >= 0.3 is 0 Å². The molecule has 0 aliphatic carbocycles. The number of nitrogens with one attached hydrogen (secondary N) is 2. The average Bonchev–Trinajstić information content (AvgIpc) is 3.30. The molecule has 1 aliphatic heterocycles. The SMILES string of the molecule is NC(=O)c1cc(NC(=O)[C@@H]2Cc3ccccc3N2)nc(-c2ccc(Oc3ccc(F)cc3)cc2)n1. The standard InChI is InChI=1S/C26H20FN5O3/c27-17-7-11-19(12-8-17)35-18-9-5-15(6-10-18)25-30-21(24(28)33)14-23(31-25)32-26(34)22-13-16-3-1-2-4-20(16)29-22/h1-12,14,22,29H,13H2,(H2,28,33)(H,30,31,32,34)/t22-/m0/s1. The lowest BCUT2D eigenvalue weighted by atomic mass is 10.1. The lowest BCUT2D eigenvalue weighted by Gasteiger charge is -2.13. The molecule has 1 atom stereocenters. The van der Waals surface area contributed by atoms with Gasteiger partial charge in [0.2, 0.25) is 5.91 Å². The van der Waals surface area contributed by atoms with Crippen LogP contribution in [0.2, 0.25) is 0 Å². The van der Waals surface area contributed by atoms with E-state index in [0.717, 1.165) is 11.3 Å². The predicted molar refractivity (Wildman–Crippen MR) is 129 cm³/mol. The molecule has 0 bridgehead atoms. The second kappa shape index (κ2) is 9.22. The normalized spacial score (nSPS) is 14.0. The Bertz CT molecular complexity index is 1380. The van der Waals surface area contributed by atoms with E-state index in [0.29, 0.717) is 23.5 Å². The molecule has 5 rings (SSSR count). The first-order chi connectivity index (χ1) is 16.9. The summed E-state index contributed by atoms with van der Waals surface area (Å²) in [7, 11) is 0. The summed E-state index contributed by atoms with van der Waals surface area (Å²) in [6.45, 7) is 0. The molecule has 0 unspecified atom stereocenters. The lowest BCUT2D eigenvalue weighted by Crippen LogP contribution is -2.33. The molecule has 0 spiro atoms. The molecule has 1 aromatic heterocycles. The van der Waals surface area contributed by atoms with E-state index in [1.807, 2.05) is 24.3 Å². The van der Waals surface area contributed by atoms with Crippen molar-refractivity contribution in [3.05, 3.63) is 95.9 Å². The minimum Gasteiger partial charge on any atom is -0.457 e. The molecule has 2 heterocycles. The predicted octanol–water partition coefficient (Wildman–Crippen LogP) is 4.15. The first-order valence-electron chi connectivity index (χ1n) is 10.8. The zero-order valence-corrected chi connectivity index (χ0v) is 18.4. The molecule has 174 valence electrons. The Morgan fingerprint density at radius 1 is 0.971 bits per heavy atom. The van der Waals surface area contributed by atoms with Crippen LogP contribution in [0.3, 0.4) is 0 Å². The molecule has 9 heteroatoms. The van der Waals surface area contributed by atoms with Gasteiger partial charge in [-0.1, -0.05) is 18.2 Å². The number of carbonyl (C=O) groups is 2. The van der Waals surface area contributed by atoms with Crippen molar-refractivity contribution in [3.63, 3.8) is 0 Å². The molecule has 2 amide bonds. The Balaban J connectivity index is 1.35. The van der Waals surface area contributed by atoms with Crippen molar-refractivity contribution < 1.29 is 18.7 Å². The number of para-hydroxylation sites is 1. The van der Waals surface area contributed by atoms with Crippen molar-refractivity contribution in [3.8, 4) is 22.9 Å². The lowest BCUT2D eigenvalue weighted by molar-refractivity contribution is -0.116. The highest BCUT2D eigenvalue weighted by molar-refractivity contribution is 5.99. The Morgan fingerprint density at radius 3 is 2.34 bits per heavy atom. The zero-order valence-electron chi connectivity index (χ0n) is 18.4. The molecule has 35 heavy (non-hydrogen) atoms. The van der Waals surface area contributed by atoms with Gasteiger partial charge in [0.1, 0.15) is 34.9 Å². The third-order valence-corrected chi connectivity index (χ3v) is 5.48. The fraction of sp³-hybridized carbons (Fsp3) is 0.0769. The van der Waals surface area contributed by atoms with E-state index in [-0.39, 0.29) is 29.1 Å². The Morgan fingerprint density at radius 2 is 1.66 bits per heavy atom. The molecule has 1 aliphatic rings. The third-order valence-electron chi connectivity index (χ3n) is 5.48. The minimum absolute atomic E-state index is 0.0281. The first-order valence-corrected chi connectivity index (χ1v) is 10.8. The number of halogens is 1. The van der Waals surface area contributed by atoms with E-state index < -0.39 is 11.9 Å². The number of amides is 2. The summed E-state index contributed by atoms with van der Waals surface area (Å²) in [6, 6.07) is 21.0. The Kier molecular flexibility index (Phi) is 5.80. The number of primary amides is 1. The van der Waals surface area contributed by atoms with Crippen molar-refractivity contribution >= 4 is 23.3 Å². The van der Waals surface area contributed by atoms with Crippen LogP contribution in [0.15, 0.2) is 78.9 Å². The second-order valence-electron chi connectivity index (χ2n) is 7.95. The monoisotopic (exact) mass is 469 g/mol. The summed E-state index contributed by atoms with van der Waals surface area (Å²) in [5.41, 5.74) is 7.98. The van der Waals surface area contributed by atoms with Crippen LogP contribution in [0.4, 0.5) is 15.9 Å². The Hall–Kier alpha value is -4.79. The molecule has 8 nitrogen and oxygen atoms in total. The van der Waals surface area contributed by atoms with Crippen molar-refractivity contribution in [1.82, 2.24) is 9.97 Å². The minimum atomic E-state index is -0.744. The first kappa shape index (κ1) is 22.0. The molecule has 0 saturated heterocycles. The van der Waals surface area contributed by atoms with Gasteiger partial charge in [0.15, 0.2) is 5.82 Å². The van der Waals surface area contributed by atoms with Gasteiger partial charge in [-0.3, -0.25) is 9.59 Å². The quantitative estimate of drug-likeness (QED) is 0.390. The van der Waals surface area contributed by atoms with Crippen LogP contribution in [0.1, 0.15) is 16.1 Å². The molecule has 0 saturated carbocycles. The number of nitrogens with two attached hydrogens (primary N) is 1. The van der Waals surface area contributed by atoms with E-state index in [1.54, 1.807) is 24.3 Å². The maximum absolute atomic E-state index is 13.1.